The van der Waals surface area contributed by atoms with Crippen LogP contribution in [-0.4, -0.2) is 22.1 Å². The summed E-state index contributed by atoms with van der Waals surface area (Å²) in [7, 11) is 0. The molecule has 0 bridgehead atoms. The van der Waals surface area contributed by atoms with Gasteiger partial charge < -0.3 is 10.8 Å². The third kappa shape index (κ3) is 2.49. The molecule has 1 aromatic carbocycles. The zero-order valence-corrected chi connectivity index (χ0v) is 10.2. The first-order valence-corrected chi connectivity index (χ1v) is 5.89. The number of nitrogens with zero attached hydrogens (tertiary/aromatic N) is 1. The molecular weight excluding hydrogens is 228 g/mol. The maximum atomic E-state index is 10.9. The lowest BCUT2D eigenvalue weighted by Gasteiger charge is -2.20. The number of carboxylic acids is 1. The smallest absolute Gasteiger partial charge is 0.304 e. The molecule has 0 aliphatic carbocycles. The van der Waals surface area contributed by atoms with Crippen LogP contribution in [0.15, 0.2) is 36.7 Å². The van der Waals surface area contributed by atoms with Gasteiger partial charge in [-0.1, -0.05) is 24.3 Å². The molecule has 2 rings (SSSR count). The number of benzene rings is 1. The Morgan fingerprint density at radius 3 is 2.78 bits per heavy atom. The Labute approximate surface area is 105 Å². The van der Waals surface area contributed by atoms with E-state index in [1.807, 2.05) is 31.2 Å². The third-order valence-corrected chi connectivity index (χ3v) is 3.13. The number of pyridine rings is 1. The molecule has 4 nitrogen and oxygen atoms in total. The zero-order valence-electron chi connectivity index (χ0n) is 10.2. The molecule has 0 aliphatic rings. The zero-order chi connectivity index (χ0) is 13.1. The van der Waals surface area contributed by atoms with E-state index in [2.05, 4.69) is 4.98 Å². The van der Waals surface area contributed by atoms with Crippen LogP contribution in [0, 0.1) is 0 Å². The first kappa shape index (κ1) is 12.5. The normalized spacial score (nSPS) is 14.3. The lowest BCUT2D eigenvalue weighted by molar-refractivity contribution is -0.137. The lowest BCUT2D eigenvalue weighted by Crippen LogP contribution is -2.27. The van der Waals surface area contributed by atoms with Crippen LogP contribution >= 0.6 is 0 Å². The SMILES string of the molecule is CC(N)C(CC(=O)O)c1cncc2ccccc12. The first-order valence-electron chi connectivity index (χ1n) is 5.89. The molecule has 4 heteroatoms. The molecule has 0 amide bonds. The third-order valence-electron chi connectivity index (χ3n) is 3.13. The van der Waals surface area contributed by atoms with Gasteiger partial charge in [0.25, 0.3) is 0 Å². The highest BCUT2D eigenvalue weighted by Gasteiger charge is 2.21. The van der Waals surface area contributed by atoms with Gasteiger partial charge in [-0.05, 0) is 17.9 Å². The average molecular weight is 244 g/mol. The Balaban J connectivity index is 2.53. The minimum Gasteiger partial charge on any atom is -0.481 e. The molecule has 1 aromatic heterocycles. The van der Waals surface area contributed by atoms with E-state index in [9.17, 15) is 4.79 Å². The summed E-state index contributed by atoms with van der Waals surface area (Å²) in [6.07, 6.45) is 3.52. The van der Waals surface area contributed by atoms with Gasteiger partial charge in [0.05, 0.1) is 6.42 Å². The second-order valence-corrected chi connectivity index (χ2v) is 4.51. The molecule has 0 aliphatic heterocycles. The summed E-state index contributed by atoms with van der Waals surface area (Å²) in [6.45, 7) is 1.83. The van der Waals surface area contributed by atoms with E-state index in [1.54, 1.807) is 12.4 Å². The minimum absolute atomic E-state index is 0.0212. The highest BCUT2D eigenvalue weighted by atomic mass is 16.4. The summed E-state index contributed by atoms with van der Waals surface area (Å²) in [6, 6.07) is 7.58. The van der Waals surface area contributed by atoms with Crippen molar-refractivity contribution < 1.29 is 9.90 Å². The molecule has 2 unspecified atom stereocenters. The Bertz CT molecular complexity index is 561. The van der Waals surface area contributed by atoms with Crippen molar-refractivity contribution in [3.8, 4) is 0 Å². The van der Waals surface area contributed by atoms with Crippen LogP contribution in [0.4, 0.5) is 0 Å². The summed E-state index contributed by atoms with van der Waals surface area (Å²) in [5.41, 5.74) is 6.82. The van der Waals surface area contributed by atoms with Crippen LogP contribution < -0.4 is 5.73 Å². The van der Waals surface area contributed by atoms with Gasteiger partial charge in [-0.15, -0.1) is 0 Å². The van der Waals surface area contributed by atoms with Crippen molar-refractivity contribution in [2.75, 3.05) is 0 Å². The number of carbonyl (C=O) groups is 1. The van der Waals surface area contributed by atoms with E-state index in [-0.39, 0.29) is 18.4 Å². The number of hydrogen-bond donors (Lipinski definition) is 2. The fourth-order valence-corrected chi connectivity index (χ4v) is 2.20. The Kier molecular flexibility index (Phi) is 3.58. The number of fused-ring (bicyclic) bond motifs is 1. The fourth-order valence-electron chi connectivity index (χ4n) is 2.20. The predicted molar refractivity (Wildman–Crippen MR) is 70.4 cm³/mol. The summed E-state index contributed by atoms with van der Waals surface area (Å²) >= 11 is 0. The van der Waals surface area contributed by atoms with E-state index in [4.69, 9.17) is 10.8 Å². The van der Waals surface area contributed by atoms with Gasteiger partial charge in [-0.3, -0.25) is 9.78 Å². The summed E-state index contributed by atoms with van der Waals surface area (Å²) in [5.74, 6) is -1.06. The van der Waals surface area contributed by atoms with Crippen molar-refractivity contribution in [1.82, 2.24) is 4.98 Å². The van der Waals surface area contributed by atoms with E-state index in [0.717, 1.165) is 16.3 Å². The van der Waals surface area contributed by atoms with Gasteiger partial charge in [-0.2, -0.15) is 0 Å². The second-order valence-electron chi connectivity index (χ2n) is 4.51. The number of nitrogens with two attached hydrogens (primary N) is 1. The molecule has 94 valence electrons. The van der Waals surface area contributed by atoms with Crippen molar-refractivity contribution in [2.45, 2.75) is 25.3 Å². The quantitative estimate of drug-likeness (QED) is 0.863. The average Bonchev–Trinajstić information content (AvgIpc) is 2.35. The van der Waals surface area contributed by atoms with E-state index in [0.29, 0.717) is 0 Å². The van der Waals surface area contributed by atoms with Crippen LogP contribution in [0.3, 0.4) is 0 Å². The molecule has 0 radical (unpaired) electrons. The molecule has 18 heavy (non-hydrogen) atoms. The summed E-state index contributed by atoms with van der Waals surface area (Å²) < 4.78 is 0. The minimum atomic E-state index is -0.842. The lowest BCUT2D eigenvalue weighted by atomic mass is 9.88. The monoisotopic (exact) mass is 244 g/mol. The van der Waals surface area contributed by atoms with Crippen molar-refractivity contribution in [2.24, 2.45) is 5.73 Å². The molecule has 3 N–H and O–H groups in total. The number of carboxylic acid groups (broad SMARTS) is 1. The Hall–Kier alpha value is -1.94. The van der Waals surface area contributed by atoms with Crippen LogP contribution in [0.1, 0.15) is 24.8 Å². The standard InChI is InChI=1S/C14H16N2O2/c1-9(15)12(6-14(17)18)13-8-16-7-10-4-2-3-5-11(10)13/h2-5,7-9,12H,6,15H2,1H3,(H,17,18). The van der Waals surface area contributed by atoms with Gasteiger partial charge >= 0.3 is 5.97 Å². The van der Waals surface area contributed by atoms with Gasteiger partial charge in [0.1, 0.15) is 0 Å². The van der Waals surface area contributed by atoms with Crippen LogP contribution in [0.2, 0.25) is 0 Å². The molecule has 0 saturated carbocycles. The number of hydrogen-bond acceptors (Lipinski definition) is 3. The molecule has 0 fully saturated rings. The van der Waals surface area contributed by atoms with Crippen molar-refractivity contribution >= 4 is 16.7 Å². The van der Waals surface area contributed by atoms with Gasteiger partial charge in [-0.25, -0.2) is 0 Å². The van der Waals surface area contributed by atoms with Crippen molar-refractivity contribution in [1.29, 1.82) is 0 Å². The second kappa shape index (κ2) is 5.14. The van der Waals surface area contributed by atoms with E-state index in [1.165, 1.54) is 0 Å². The van der Waals surface area contributed by atoms with Gasteiger partial charge in [0, 0.05) is 29.7 Å². The van der Waals surface area contributed by atoms with Crippen LogP contribution in [0.5, 0.6) is 0 Å². The summed E-state index contributed by atoms with van der Waals surface area (Å²) in [4.78, 5) is 15.1. The highest BCUT2D eigenvalue weighted by Crippen LogP contribution is 2.28. The molecule has 1 heterocycles. The molecular formula is C14H16N2O2. The van der Waals surface area contributed by atoms with Crippen molar-refractivity contribution in [3.63, 3.8) is 0 Å². The van der Waals surface area contributed by atoms with Crippen molar-refractivity contribution in [3.05, 3.63) is 42.2 Å². The maximum absolute atomic E-state index is 10.9. The highest BCUT2D eigenvalue weighted by molar-refractivity contribution is 5.85. The first-order chi connectivity index (χ1) is 8.59. The molecule has 0 saturated heterocycles. The van der Waals surface area contributed by atoms with Gasteiger partial charge in [0.2, 0.25) is 0 Å². The van der Waals surface area contributed by atoms with E-state index >= 15 is 0 Å². The largest absolute Gasteiger partial charge is 0.481 e. The Morgan fingerprint density at radius 1 is 1.39 bits per heavy atom. The predicted octanol–water partition coefficient (Wildman–Crippen LogP) is 2.14. The summed E-state index contributed by atoms with van der Waals surface area (Å²) in [5, 5.41) is 11.0. The molecule has 0 spiro atoms. The number of rotatable bonds is 4. The topological polar surface area (TPSA) is 76.2 Å². The van der Waals surface area contributed by atoms with Crippen LogP contribution in [0.25, 0.3) is 10.8 Å². The fraction of sp³-hybridized carbons (Fsp3) is 0.286. The number of aromatic nitrogens is 1. The van der Waals surface area contributed by atoms with Gasteiger partial charge in [0.15, 0.2) is 0 Å². The molecule has 2 atom stereocenters. The number of aliphatic carboxylic acids is 1. The molecule has 2 aromatic rings. The maximum Gasteiger partial charge on any atom is 0.304 e. The van der Waals surface area contributed by atoms with E-state index < -0.39 is 5.97 Å². The Morgan fingerprint density at radius 2 is 2.11 bits per heavy atom. The van der Waals surface area contributed by atoms with Crippen LogP contribution in [-0.2, 0) is 4.79 Å².